The Hall–Kier alpha value is -7.70. The van der Waals surface area contributed by atoms with Crippen molar-refractivity contribution in [3.8, 4) is 56.4 Å². The van der Waals surface area contributed by atoms with Gasteiger partial charge in [-0.1, -0.05) is 133 Å². The molecule has 0 radical (unpaired) electrons. The van der Waals surface area contributed by atoms with Crippen molar-refractivity contribution in [1.82, 2.24) is 0 Å². The summed E-state index contributed by atoms with van der Waals surface area (Å²) in [6, 6.07) is 63.3. The van der Waals surface area contributed by atoms with Crippen LogP contribution in [0.2, 0.25) is 0 Å². The Morgan fingerprint density at radius 1 is 0.386 bits per heavy atom. The van der Waals surface area contributed by atoms with Gasteiger partial charge in [0.05, 0.1) is 5.41 Å². The molecule has 8 aromatic rings. The fraction of sp³-hybridized carbons (Fsp3) is 0.0196. The Kier molecular flexibility index (Phi) is 8.92. The molecule has 0 aromatic heterocycles. The van der Waals surface area contributed by atoms with Gasteiger partial charge in [-0.2, -0.15) is 0 Å². The van der Waals surface area contributed by atoms with E-state index in [0.29, 0.717) is 11.5 Å². The Labute approximate surface area is 329 Å². The molecule has 0 aliphatic heterocycles. The van der Waals surface area contributed by atoms with Crippen molar-refractivity contribution >= 4 is 11.9 Å². The number of ether oxygens (including phenoxy) is 2. The highest BCUT2D eigenvalue weighted by Crippen LogP contribution is 2.56. The van der Waals surface area contributed by atoms with Crippen LogP contribution < -0.4 is 9.47 Å². The lowest BCUT2D eigenvalue weighted by Crippen LogP contribution is -2.28. The van der Waals surface area contributed by atoms with Crippen molar-refractivity contribution in [2.24, 2.45) is 0 Å². The molecule has 6 nitrogen and oxygen atoms in total. The summed E-state index contributed by atoms with van der Waals surface area (Å²) >= 11 is 0. The molecule has 0 unspecified atom stereocenters. The second kappa shape index (κ2) is 14.5. The van der Waals surface area contributed by atoms with Crippen LogP contribution in [0.15, 0.2) is 194 Å². The highest BCUT2D eigenvalue weighted by atomic mass is 16.5. The van der Waals surface area contributed by atoms with Crippen molar-refractivity contribution in [2.75, 3.05) is 0 Å². The summed E-state index contributed by atoms with van der Waals surface area (Å²) < 4.78 is 12.0. The maximum Gasteiger partial charge on any atom is 0.339 e. The quantitative estimate of drug-likeness (QED) is 0.145. The largest absolute Gasteiger partial charge is 0.478 e. The molecule has 0 saturated carbocycles. The standard InChI is InChI=1S/C51H34O6/c52-49(53)43-17-3-7-21-47(43)56-39-27-23-33(24-28-39)35-11-9-13-37(31-35)51(45-19-5-1-15-41(45)42-16-2-6-20-46(42)51)38-14-10-12-36(32-38)34-25-29-40(30-26-34)57-48-22-8-4-18-44(48)50(54)55/h1-32H,(H,52,53)(H,54,55). The Morgan fingerprint density at radius 3 is 1.19 bits per heavy atom. The number of hydrogen-bond donors (Lipinski definition) is 2. The van der Waals surface area contributed by atoms with Gasteiger partial charge in [0.25, 0.3) is 0 Å². The van der Waals surface area contributed by atoms with E-state index in [1.807, 2.05) is 48.5 Å². The lowest BCUT2D eigenvalue weighted by Gasteiger charge is -2.34. The topological polar surface area (TPSA) is 93.1 Å². The normalized spacial score (nSPS) is 12.3. The van der Waals surface area contributed by atoms with Crippen LogP contribution in [-0.2, 0) is 5.41 Å². The van der Waals surface area contributed by atoms with Crippen molar-refractivity contribution in [2.45, 2.75) is 5.41 Å². The minimum absolute atomic E-state index is 0.103. The van der Waals surface area contributed by atoms with Crippen LogP contribution in [0.25, 0.3) is 33.4 Å². The maximum atomic E-state index is 11.8. The highest BCUT2D eigenvalue weighted by molar-refractivity contribution is 5.92. The van der Waals surface area contributed by atoms with E-state index >= 15 is 0 Å². The molecular formula is C51H34O6. The van der Waals surface area contributed by atoms with Gasteiger partial charge in [-0.25, -0.2) is 9.59 Å². The molecule has 0 saturated heterocycles. The monoisotopic (exact) mass is 742 g/mol. The van der Waals surface area contributed by atoms with E-state index in [1.54, 1.807) is 36.4 Å². The number of fused-ring (bicyclic) bond motifs is 3. The predicted octanol–water partition coefficient (Wildman–Crippen LogP) is 12.4. The fourth-order valence-electron chi connectivity index (χ4n) is 8.04. The van der Waals surface area contributed by atoms with Gasteiger partial charge in [-0.05, 0) is 116 Å². The van der Waals surface area contributed by atoms with Crippen LogP contribution in [0, 0.1) is 0 Å². The number of para-hydroxylation sites is 2. The number of carboxylic acid groups (broad SMARTS) is 2. The number of carbonyl (C=O) groups is 2. The first-order valence-electron chi connectivity index (χ1n) is 18.5. The summed E-state index contributed by atoms with van der Waals surface area (Å²) in [6.07, 6.45) is 0. The van der Waals surface area contributed by atoms with Gasteiger partial charge in [-0.3, -0.25) is 0 Å². The SMILES string of the molecule is O=C(O)c1ccccc1Oc1ccc(-c2cccc(C3(c4cccc(-c5ccc(Oc6ccccc6C(=O)O)cc5)c4)c4ccccc4-c4ccccc43)c2)cc1. The zero-order valence-electron chi connectivity index (χ0n) is 30.5. The predicted molar refractivity (Wildman–Crippen MR) is 222 cm³/mol. The third-order valence-electron chi connectivity index (χ3n) is 10.6. The lowest BCUT2D eigenvalue weighted by atomic mass is 9.67. The molecule has 0 heterocycles. The minimum Gasteiger partial charge on any atom is -0.478 e. The van der Waals surface area contributed by atoms with E-state index < -0.39 is 17.4 Å². The van der Waals surface area contributed by atoms with Gasteiger partial charge in [-0.15, -0.1) is 0 Å². The number of rotatable bonds is 10. The molecule has 0 fully saturated rings. The van der Waals surface area contributed by atoms with Crippen molar-refractivity contribution in [1.29, 1.82) is 0 Å². The third kappa shape index (κ3) is 6.29. The smallest absolute Gasteiger partial charge is 0.339 e. The van der Waals surface area contributed by atoms with E-state index in [0.717, 1.165) is 33.4 Å². The average Bonchev–Trinajstić information content (AvgIpc) is 3.56. The number of carboxylic acids is 2. The number of benzene rings is 8. The van der Waals surface area contributed by atoms with Crippen molar-refractivity contribution in [3.63, 3.8) is 0 Å². The van der Waals surface area contributed by atoms with Gasteiger partial charge < -0.3 is 19.7 Å². The van der Waals surface area contributed by atoms with Gasteiger partial charge in [0.2, 0.25) is 0 Å². The number of aromatic carboxylic acids is 2. The summed E-state index contributed by atoms with van der Waals surface area (Å²) in [4.78, 5) is 23.5. The molecule has 0 atom stereocenters. The number of hydrogen-bond acceptors (Lipinski definition) is 4. The molecule has 0 bridgehead atoms. The molecule has 6 heteroatoms. The zero-order chi connectivity index (χ0) is 38.9. The van der Waals surface area contributed by atoms with Crippen molar-refractivity contribution in [3.05, 3.63) is 228 Å². The minimum atomic E-state index is -1.04. The molecule has 57 heavy (non-hydrogen) atoms. The lowest BCUT2D eigenvalue weighted by molar-refractivity contribution is 0.0683. The summed E-state index contributed by atoms with van der Waals surface area (Å²) in [5.74, 6) is -0.433. The first kappa shape index (κ1) is 35.0. The van der Waals surface area contributed by atoms with Crippen LogP contribution in [0.5, 0.6) is 23.0 Å². The summed E-state index contributed by atoms with van der Waals surface area (Å²) in [5.41, 5.74) is 10.6. The average molecular weight is 743 g/mol. The summed E-state index contributed by atoms with van der Waals surface area (Å²) in [5, 5.41) is 19.3. The van der Waals surface area contributed by atoms with Gasteiger partial charge in [0.1, 0.15) is 34.1 Å². The highest BCUT2D eigenvalue weighted by Gasteiger charge is 2.46. The zero-order valence-corrected chi connectivity index (χ0v) is 30.5. The summed E-state index contributed by atoms with van der Waals surface area (Å²) in [7, 11) is 0. The van der Waals surface area contributed by atoms with Crippen LogP contribution in [0.1, 0.15) is 43.0 Å². The van der Waals surface area contributed by atoms with Crippen molar-refractivity contribution < 1.29 is 29.3 Å². The molecule has 9 rings (SSSR count). The molecule has 0 spiro atoms. The van der Waals surface area contributed by atoms with Crippen LogP contribution in [-0.4, -0.2) is 22.2 Å². The summed E-state index contributed by atoms with van der Waals surface area (Å²) in [6.45, 7) is 0. The molecule has 0 amide bonds. The Morgan fingerprint density at radius 2 is 0.772 bits per heavy atom. The van der Waals surface area contributed by atoms with E-state index in [9.17, 15) is 19.8 Å². The second-order valence-electron chi connectivity index (χ2n) is 13.9. The molecular weight excluding hydrogens is 709 g/mol. The molecule has 274 valence electrons. The molecule has 1 aliphatic carbocycles. The van der Waals surface area contributed by atoms with Crippen LogP contribution in [0.4, 0.5) is 0 Å². The third-order valence-corrected chi connectivity index (χ3v) is 10.6. The molecule has 1 aliphatic rings. The van der Waals surface area contributed by atoms with E-state index in [2.05, 4.69) is 97.1 Å². The van der Waals surface area contributed by atoms with Gasteiger partial charge in [0.15, 0.2) is 0 Å². The van der Waals surface area contributed by atoms with E-state index in [-0.39, 0.29) is 22.6 Å². The second-order valence-corrected chi connectivity index (χ2v) is 13.9. The Bertz CT molecular complexity index is 2610. The van der Waals surface area contributed by atoms with Gasteiger partial charge >= 0.3 is 11.9 Å². The maximum absolute atomic E-state index is 11.8. The fourth-order valence-corrected chi connectivity index (χ4v) is 8.04. The van der Waals surface area contributed by atoms with E-state index in [1.165, 1.54) is 34.4 Å². The first-order chi connectivity index (χ1) is 27.9. The Balaban J connectivity index is 1.12. The van der Waals surface area contributed by atoms with Crippen LogP contribution in [0.3, 0.4) is 0 Å². The van der Waals surface area contributed by atoms with Crippen LogP contribution >= 0.6 is 0 Å². The first-order valence-corrected chi connectivity index (χ1v) is 18.5. The van der Waals surface area contributed by atoms with E-state index in [4.69, 9.17) is 9.47 Å². The molecule has 8 aromatic carbocycles. The van der Waals surface area contributed by atoms with Gasteiger partial charge in [0, 0.05) is 0 Å². The molecule has 2 N–H and O–H groups in total.